The molecule has 0 unspecified atom stereocenters. The average molecular weight is 294 g/mol. The molecule has 1 aromatic carbocycles. The van der Waals surface area contributed by atoms with E-state index in [-0.39, 0.29) is 0 Å². The van der Waals surface area contributed by atoms with E-state index in [0.717, 1.165) is 10.1 Å². The van der Waals surface area contributed by atoms with Crippen molar-refractivity contribution in [1.82, 2.24) is 19.3 Å². The summed E-state index contributed by atoms with van der Waals surface area (Å²) in [5.74, 6) is 0.559. The molecule has 7 heteroatoms. The van der Waals surface area contributed by atoms with Crippen LogP contribution >= 0.6 is 11.8 Å². The molecule has 20 heavy (non-hydrogen) atoms. The van der Waals surface area contributed by atoms with Crippen LogP contribution in [0, 0.1) is 0 Å². The molecule has 0 aliphatic carbocycles. The van der Waals surface area contributed by atoms with Crippen LogP contribution in [0.3, 0.4) is 0 Å². The molecule has 0 saturated carbocycles. The number of hydrogen-bond acceptors (Lipinski definition) is 3. The molecule has 0 radical (unpaired) electrons. The van der Waals surface area contributed by atoms with E-state index in [0.29, 0.717) is 21.9 Å². The number of para-hydroxylation sites is 2. The molecule has 0 saturated heterocycles. The quantitative estimate of drug-likeness (QED) is 0.691. The Hall–Kier alpha value is -1.89. The molecule has 0 aliphatic heterocycles. The van der Waals surface area contributed by atoms with Gasteiger partial charge in [0.2, 0.25) is 0 Å². The Bertz CT molecular complexity index is 735. The first-order valence-electron chi connectivity index (χ1n) is 6.00. The highest BCUT2D eigenvalue weighted by atomic mass is 32.2. The molecule has 0 spiro atoms. The number of benzene rings is 1. The first-order valence-corrected chi connectivity index (χ1v) is 6.99. The molecule has 104 valence electrons. The summed E-state index contributed by atoms with van der Waals surface area (Å²) in [6.07, 6.45) is 3.59. The fourth-order valence-electron chi connectivity index (χ4n) is 2.01. The molecule has 0 atom stereocenters. The minimum Gasteiger partial charge on any atom is -0.276 e. The van der Waals surface area contributed by atoms with Crippen molar-refractivity contribution in [1.29, 1.82) is 0 Å². The van der Waals surface area contributed by atoms with Crippen LogP contribution < -0.4 is 0 Å². The van der Waals surface area contributed by atoms with Crippen molar-refractivity contribution in [2.75, 3.05) is 0 Å². The van der Waals surface area contributed by atoms with Crippen LogP contribution in [0.15, 0.2) is 41.8 Å². The normalized spacial score (nSPS) is 11.6. The predicted octanol–water partition coefficient (Wildman–Crippen LogP) is 3.46. The van der Waals surface area contributed by atoms with Crippen molar-refractivity contribution >= 4 is 22.8 Å². The van der Waals surface area contributed by atoms with Crippen LogP contribution in [-0.2, 0) is 12.8 Å². The molecule has 0 bridgehead atoms. The van der Waals surface area contributed by atoms with Gasteiger partial charge in [0.15, 0.2) is 5.16 Å². The third-order valence-corrected chi connectivity index (χ3v) is 3.91. The topological polar surface area (TPSA) is 35.6 Å². The molecule has 2 aromatic heterocycles. The Morgan fingerprint density at radius 1 is 1.30 bits per heavy atom. The molecule has 0 fully saturated rings. The Kier molecular flexibility index (Phi) is 3.43. The second kappa shape index (κ2) is 5.24. The van der Waals surface area contributed by atoms with Crippen molar-refractivity contribution in [3.63, 3.8) is 0 Å². The minimum atomic E-state index is -2.60. The summed E-state index contributed by atoms with van der Waals surface area (Å²) in [4.78, 5) is 4.27. The number of hydrogen-bond donors (Lipinski definition) is 0. The maximum atomic E-state index is 13.2. The summed E-state index contributed by atoms with van der Waals surface area (Å²) in [6, 6.07) is 6.92. The summed E-state index contributed by atoms with van der Waals surface area (Å²) in [6.45, 7) is -2.60. The molecule has 4 nitrogen and oxygen atoms in total. The van der Waals surface area contributed by atoms with Crippen LogP contribution in [-0.4, -0.2) is 19.3 Å². The molecule has 0 N–H and O–H groups in total. The van der Waals surface area contributed by atoms with Gasteiger partial charge in [-0.2, -0.15) is 13.9 Å². The van der Waals surface area contributed by atoms with Crippen LogP contribution in [0.25, 0.3) is 11.0 Å². The lowest BCUT2D eigenvalue weighted by Gasteiger charge is -2.06. The van der Waals surface area contributed by atoms with E-state index in [4.69, 9.17) is 0 Å². The summed E-state index contributed by atoms with van der Waals surface area (Å²) in [5, 5.41) is 4.38. The van der Waals surface area contributed by atoms with Gasteiger partial charge < -0.3 is 0 Å². The molecule has 0 amide bonds. The van der Waals surface area contributed by atoms with E-state index >= 15 is 0 Å². The average Bonchev–Trinajstić information content (AvgIpc) is 2.99. The van der Waals surface area contributed by atoms with Gasteiger partial charge in [-0.1, -0.05) is 23.9 Å². The number of thioether (sulfide) groups is 1. The number of imidazole rings is 1. The smallest absolute Gasteiger partial charge is 0.276 e. The third-order valence-electron chi connectivity index (χ3n) is 2.88. The van der Waals surface area contributed by atoms with E-state index in [1.807, 2.05) is 13.2 Å². The maximum Gasteiger partial charge on any atom is 0.321 e. The zero-order chi connectivity index (χ0) is 14.1. The van der Waals surface area contributed by atoms with E-state index in [1.165, 1.54) is 11.8 Å². The maximum absolute atomic E-state index is 13.2. The van der Waals surface area contributed by atoms with Gasteiger partial charge in [0, 0.05) is 24.6 Å². The fraction of sp³-hybridized carbons (Fsp3) is 0.231. The van der Waals surface area contributed by atoms with Crippen molar-refractivity contribution < 1.29 is 8.78 Å². The lowest BCUT2D eigenvalue weighted by atomic mass is 10.3. The fourth-order valence-corrected chi connectivity index (χ4v) is 2.93. The van der Waals surface area contributed by atoms with Crippen LogP contribution in [0.5, 0.6) is 0 Å². The van der Waals surface area contributed by atoms with Crippen LogP contribution in [0.2, 0.25) is 0 Å². The second-order valence-electron chi connectivity index (χ2n) is 4.34. The molecule has 0 aliphatic rings. The first-order chi connectivity index (χ1) is 9.65. The number of aryl methyl sites for hydroxylation is 1. The molecular formula is C13H12F2N4S. The van der Waals surface area contributed by atoms with Gasteiger partial charge in [-0.25, -0.2) is 4.98 Å². The standard InChI is InChI=1S/C13H12F2N4S/c1-18-7-9(6-16-18)8-20-13-17-10-4-2-3-5-11(10)19(13)12(14)15/h2-7,12H,8H2,1H3. The molecule has 3 aromatic rings. The second-order valence-corrected chi connectivity index (χ2v) is 5.28. The number of halogens is 2. The van der Waals surface area contributed by atoms with Crippen molar-refractivity contribution in [3.05, 3.63) is 42.2 Å². The highest BCUT2D eigenvalue weighted by Crippen LogP contribution is 2.30. The van der Waals surface area contributed by atoms with Gasteiger partial charge in [-0.3, -0.25) is 9.25 Å². The van der Waals surface area contributed by atoms with Gasteiger partial charge in [0.05, 0.1) is 17.2 Å². The molecule has 3 rings (SSSR count). The summed E-state index contributed by atoms with van der Waals surface area (Å²) in [7, 11) is 1.82. The lowest BCUT2D eigenvalue weighted by molar-refractivity contribution is 0.0656. The number of rotatable bonds is 4. The minimum absolute atomic E-state index is 0.324. The lowest BCUT2D eigenvalue weighted by Crippen LogP contribution is -1.99. The number of aromatic nitrogens is 4. The van der Waals surface area contributed by atoms with Gasteiger partial charge in [-0.05, 0) is 12.1 Å². The van der Waals surface area contributed by atoms with E-state index in [2.05, 4.69) is 10.1 Å². The van der Waals surface area contributed by atoms with Crippen molar-refractivity contribution in [2.24, 2.45) is 7.05 Å². The van der Waals surface area contributed by atoms with Gasteiger partial charge >= 0.3 is 6.55 Å². The Morgan fingerprint density at radius 3 is 2.80 bits per heavy atom. The number of alkyl halides is 2. The summed E-state index contributed by atoms with van der Waals surface area (Å²) < 4.78 is 29.1. The monoisotopic (exact) mass is 294 g/mol. The van der Waals surface area contributed by atoms with E-state index < -0.39 is 6.55 Å². The van der Waals surface area contributed by atoms with Gasteiger partial charge in [0.1, 0.15) is 0 Å². The highest BCUT2D eigenvalue weighted by Gasteiger charge is 2.17. The first kappa shape index (κ1) is 13.1. The van der Waals surface area contributed by atoms with Gasteiger partial charge in [-0.15, -0.1) is 0 Å². The highest BCUT2D eigenvalue weighted by molar-refractivity contribution is 7.98. The summed E-state index contributed by atoms with van der Waals surface area (Å²) >= 11 is 1.29. The van der Waals surface area contributed by atoms with Crippen LogP contribution in [0.1, 0.15) is 12.1 Å². The van der Waals surface area contributed by atoms with Crippen molar-refractivity contribution in [3.8, 4) is 0 Å². The summed E-state index contributed by atoms with van der Waals surface area (Å²) in [5.41, 5.74) is 2.02. The SMILES string of the molecule is Cn1cc(CSc2nc3ccccc3n2C(F)F)cn1. The predicted molar refractivity (Wildman–Crippen MR) is 73.8 cm³/mol. The van der Waals surface area contributed by atoms with E-state index in [1.54, 1.807) is 35.1 Å². The van der Waals surface area contributed by atoms with Gasteiger partial charge in [0.25, 0.3) is 0 Å². The molecular weight excluding hydrogens is 282 g/mol. The Morgan fingerprint density at radius 2 is 2.10 bits per heavy atom. The Balaban J connectivity index is 1.92. The van der Waals surface area contributed by atoms with Crippen molar-refractivity contribution in [2.45, 2.75) is 17.5 Å². The van der Waals surface area contributed by atoms with E-state index in [9.17, 15) is 8.78 Å². The zero-order valence-corrected chi connectivity index (χ0v) is 11.5. The largest absolute Gasteiger partial charge is 0.321 e. The number of fused-ring (bicyclic) bond motifs is 1. The number of nitrogens with zero attached hydrogens (tertiary/aromatic N) is 4. The van der Waals surface area contributed by atoms with Crippen LogP contribution in [0.4, 0.5) is 8.78 Å². The molecule has 2 heterocycles. The third kappa shape index (κ3) is 2.40. The zero-order valence-electron chi connectivity index (χ0n) is 10.7. The Labute approximate surface area is 118 Å².